The number of halogens is 1. The second-order valence-electron chi connectivity index (χ2n) is 2.94. The molecular weight excluding hydrogens is 186 g/mol. The first-order valence-corrected chi connectivity index (χ1v) is 4.96. The van der Waals surface area contributed by atoms with Gasteiger partial charge in [-0.2, -0.15) is 0 Å². The highest BCUT2D eigenvalue weighted by atomic mass is 35.5. The first kappa shape index (κ1) is 10.3. The standard InChI is InChI=1S/C10H14ClNO/c1-3-4-13-10-6-9(7-11)5-8(2)12-10/h5-6H,3-4,7H2,1-2H3. The zero-order valence-electron chi connectivity index (χ0n) is 8.01. The van der Waals surface area contributed by atoms with Gasteiger partial charge in [0.2, 0.25) is 5.88 Å². The first-order valence-electron chi connectivity index (χ1n) is 4.42. The van der Waals surface area contributed by atoms with E-state index in [-0.39, 0.29) is 0 Å². The van der Waals surface area contributed by atoms with Crippen LogP contribution in [-0.4, -0.2) is 11.6 Å². The van der Waals surface area contributed by atoms with Crippen molar-refractivity contribution >= 4 is 11.6 Å². The molecule has 0 aliphatic heterocycles. The van der Waals surface area contributed by atoms with Crippen molar-refractivity contribution in [3.8, 4) is 5.88 Å². The monoisotopic (exact) mass is 199 g/mol. The van der Waals surface area contributed by atoms with Gasteiger partial charge >= 0.3 is 0 Å². The van der Waals surface area contributed by atoms with Crippen LogP contribution in [0.4, 0.5) is 0 Å². The van der Waals surface area contributed by atoms with E-state index in [9.17, 15) is 0 Å². The summed E-state index contributed by atoms with van der Waals surface area (Å²) in [6, 6.07) is 3.85. The van der Waals surface area contributed by atoms with E-state index < -0.39 is 0 Å². The van der Waals surface area contributed by atoms with Crippen LogP contribution >= 0.6 is 11.6 Å². The Hall–Kier alpha value is -0.760. The summed E-state index contributed by atoms with van der Waals surface area (Å²) in [6.07, 6.45) is 0.992. The first-order chi connectivity index (χ1) is 6.26. The molecule has 1 heterocycles. The number of hydrogen-bond donors (Lipinski definition) is 0. The van der Waals surface area contributed by atoms with E-state index in [1.165, 1.54) is 0 Å². The van der Waals surface area contributed by atoms with Gasteiger partial charge in [0.15, 0.2) is 0 Å². The van der Waals surface area contributed by atoms with Crippen LogP contribution in [0.25, 0.3) is 0 Å². The van der Waals surface area contributed by atoms with Crippen LogP contribution in [0.15, 0.2) is 12.1 Å². The lowest BCUT2D eigenvalue weighted by Crippen LogP contribution is -1.99. The molecule has 1 aromatic rings. The quantitative estimate of drug-likeness (QED) is 0.696. The summed E-state index contributed by atoms with van der Waals surface area (Å²) in [7, 11) is 0. The number of ether oxygens (including phenoxy) is 1. The van der Waals surface area contributed by atoms with Crippen LogP contribution in [0.5, 0.6) is 5.88 Å². The zero-order valence-corrected chi connectivity index (χ0v) is 8.77. The number of pyridine rings is 1. The van der Waals surface area contributed by atoms with Crippen molar-refractivity contribution in [2.45, 2.75) is 26.1 Å². The van der Waals surface area contributed by atoms with Crippen molar-refractivity contribution in [2.75, 3.05) is 6.61 Å². The molecule has 0 aliphatic carbocycles. The van der Waals surface area contributed by atoms with Crippen LogP contribution in [0, 0.1) is 6.92 Å². The Morgan fingerprint density at radius 2 is 2.23 bits per heavy atom. The van der Waals surface area contributed by atoms with Gasteiger partial charge < -0.3 is 4.74 Å². The second kappa shape index (κ2) is 5.07. The van der Waals surface area contributed by atoms with Gasteiger partial charge in [0.1, 0.15) is 0 Å². The molecule has 0 saturated carbocycles. The third-order valence-corrected chi connectivity index (χ3v) is 1.91. The summed E-state index contributed by atoms with van der Waals surface area (Å²) >= 11 is 5.72. The van der Waals surface area contributed by atoms with Crippen molar-refractivity contribution in [3.63, 3.8) is 0 Å². The summed E-state index contributed by atoms with van der Waals surface area (Å²) < 4.78 is 5.41. The van der Waals surface area contributed by atoms with Crippen molar-refractivity contribution in [2.24, 2.45) is 0 Å². The minimum absolute atomic E-state index is 0.506. The minimum Gasteiger partial charge on any atom is -0.478 e. The highest BCUT2D eigenvalue weighted by Gasteiger charge is 1.99. The Bertz CT molecular complexity index is 276. The van der Waals surface area contributed by atoms with Gasteiger partial charge in [0.05, 0.1) is 6.61 Å². The predicted octanol–water partition coefficient (Wildman–Crippen LogP) is 2.92. The van der Waals surface area contributed by atoms with Crippen molar-refractivity contribution in [3.05, 3.63) is 23.4 Å². The van der Waals surface area contributed by atoms with Crippen molar-refractivity contribution in [1.82, 2.24) is 4.98 Å². The molecule has 0 unspecified atom stereocenters. The fourth-order valence-corrected chi connectivity index (χ4v) is 1.22. The summed E-state index contributed by atoms with van der Waals surface area (Å²) in [6.45, 7) is 4.71. The van der Waals surface area contributed by atoms with Crippen LogP contribution < -0.4 is 4.74 Å². The van der Waals surface area contributed by atoms with E-state index in [1.807, 2.05) is 19.1 Å². The fraction of sp³-hybridized carbons (Fsp3) is 0.500. The second-order valence-corrected chi connectivity index (χ2v) is 3.20. The molecular formula is C10H14ClNO. The fourth-order valence-electron chi connectivity index (χ4n) is 1.06. The Morgan fingerprint density at radius 1 is 1.46 bits per heavy atom. The van der Waals surface area contributed by atoms with Crippen LogP contribution in [0.1, 0.15) is 24.6 Å². The third-order valence-electron chi connectivity index (χ3n) is 1.60. The molecule has 0 fully saturated rings. The number of aryl methyl sites for hydroxylation is 1. The summed E-state index contributed by atoms with van der Waals surface area (Å²) in [5, 5.41) is 0. The van der Waals surface area contributed by atoms with Gasteiger partial charge in [-0.25, -0.2) is 4.98 Å². The van der Waals surface area contributed by atoms with Crippen LogP contribution in [-0.2, 0) is 5.88 Å². The number of hydrogen-bond acceptors (Lipinski definition) is 2. The Morgan fingerprint density at radius 3 is 2.85 bits per heavy atom. The molecule has 1 aromatic heterocycles. The molecule has 0 bridgehead atoms. The topological polar surface area (TPSA) is 22.1 Å². The van der Waals surface area contributed by atoms with Gasteiger partial charge in [0.25, 0.3) is 0 Å². The Kier molecular flexibility index (Phi) is 4.03. The predicted molar refractivity (Wildman–Crippen MR) is 54.3 cm³/mol. The molecule has 0 radical (unpaired) electrons. The summed E-state index contributed by atoms with van der Waals surface area (Å²) in [5.41, 5.74) is 2.00. The molecule has 0 spiro atoms. The Balaban J connectivity index is 2.76. The smallest absolute Gasteiger partial charge is 0.213 e. The van der Waals surface area contributed by atoms with E-state index in [2.05, 4.69) is 11.9 Å². The van der Waals surface area contributed by atoms with Gasteiger partial charge in [-0.1, -0.05) is 6.92 Å². The van der Waals surface area contributed by atoms with Crippen molar-refractivity contribution in [1.29, 1.82) is 0 Å². The third kappa shape index (κ3) is 3.23. The molecule has 13 heavy (non-hydrogen) atoms. The molecule has 2 nitrogen and oxygen atoms in total. The molecule has 1 rings (SSSR count). The lowest BCUT2D eigenvalue weighted by atomic mass is 10.2. The highest BCUT2D eigenvalue weighted by Crippen LogP contribution is 2.14. The maximum atomic E-state index is 5.72. The number of aromatic nitrogens is 1. The average molecular weight is 200 g/mol. The summed E-state index contributed by atoms with van der Waals surface area (Å²) in [4.78, 5) is 4.24. The van der Waals surface area contributed by atoms with Crippen LogP contribution in [0.2, 0.25) is 0 Å². The van der Waals surface area contributed by atoms with E-state index in [1.54, 1.807) is 0 Å². The molecule has 0 atom stereocenters. The van der Waals surface area contributed by atoms with Gasteiger partial charge in [-0.3, -0.25) is 0 Å². The molecule has 72 valence electrons. The average Bonchev–Trinajstić information content (AvgIpc) is 2.14. The SMILES string of the molecule is CCCOc1cc(CCl)cc(C)n1. The maximum Gasteiger partial charge on any atom is 0.213 e. The molecule has 0 amide bonds. The maximum absolute atomic E-state index is 5.72. The molecule has 0 aliphatic rings. The van der Waals surface area contributed by atoms with Crippen molar-refractivity contribution < 1.29 is 4.74 Å². The lowest BCUT2D eigenvalue weighted by Gasteiger charge is -2.05. The summed E-state index contributed by atoms with van der Waals surface area (Å²) in [5.74, 6) is 1.18. The zero-order chi connectivity index (χ0) is 9.68. The molecule has 0 N–H and O–H groups in total. The number of nitrogens with zero attached hydrogens (tertiary/aromatic N) is 1. The molecule has 3 heteroatoms. The highest BCUT2D eigenvalue weighted by molar-refractivity contribution is 6.17. The largest absolute Gasteiger partial charge is 0.478 e. The van der Waals surface area contributed by atoms with E-state index in [0.717, 1.165) is 17.7 Å². The molecule has 0 saturated heterocycles. The molecule has 0 aromatic carbocycles. The van der Waals surface area contributed by atoms with E-state index in [0.29, 0.717) is 18.4 Å². The van der Waals surface area contributed by atoms with E-state index in [4.69, 9.17) is 16.3 Å². The minimum atomic E-state index is 0.506. The van der Waals surface area contributed by atoms with Gasteiger partial charge in [-0.05, 0) is 25.0 Å². The Labute approximate surface area is 83.9 Å². The van der Waals surface area contributed by atoms with Gasteiger partial charge in [0, 0.05) is 17.6 Å². The normalized spacial score (nSPS) is 10.1. The van der Waals surface area contributed by atoms with E-state index >= 15 is 0 Å². The number of rotatable bonds is 4. The van der Waals surface area contributed by atoms with Gasteiger partial charge in [-0.15, -0.1) is 11.6 Å². The lowest BCUT2D eigenvalue weighted by molar-refractivity contribution is 0.304. The number of alkyl halides is 1. The van der Waals surface area contributed by atoms with Crippen LogP contribution in [0.3, 0.4) is 0 Å².